The van der Waals surface area contributed by atoms with Crippen molar-refractivity contribution in [1.82, 2.24) is 9.66 Å². The maximum atomic E-state index is 13.1. The van der Waals surface area contributed by atoms with Gasteiger partial charge in [0.1, 0.15) is 17.0 Å². The molecule has 30 heavy (non-hydrogen) atoms. The molecule has 0 fully saturated rings. The number of hydrogen-bond donors (Lipinski definition) is 1. The number of thiophene rings is 1. The lowest BCUT2D eigenvalue weighted by atomic mass is 9.98. The fourth-order valence-corrected chi connectivity index (χ4v) is 4.50. The number of benzene rings is 2. The van der Waals surface area contributed by atoms with E-state index in [9.17, 15) is 14.0 Å². The average Bonchev–Trinajstić information content (AvgIpc) is 3.08. The molecule has 4 aromatic rings. The van der Waals surface area contributed by atoms with E-state index in [-0.39, 0.29) is 29.6 Å². The van der Waals surface area contributed by atoms with Gasteiger partial charge in [-0.25, -0.2) is 14.1 Å². The number of hydrogen-bond acceptors (Lipinski definition) is 4. The Hall–Kier alpha value is -3.32. The van der Waals surface area contributed by atoms with E-state index in [4.69, 9.17) is 0 Å². The molecule has 7 heteroatoms. The van der Waals surface area contributed by atoms with E-state index in [2.05, 4.69) is 10.4 Å². The zero-order valence-electron chi connectivity index (χ0n) is 16.6. The monoisotopic (exact) mass is 421 g/mol. The van der Waals surface area contributed by atoms with Gasteiger partial charge in [-0.1, -0.05) is 49.4 Å². The van der Waals surface area contributed by atoms with E-state index in [1.54, 1.807) is 12.1 Å². The molecule has 1 unspecified atom stereocenters. The maximum absolute atomic E-state index is 13.1. The van der Waals surface area contributed by atoms with E-state index >= 15 is 0 Å². The van der Waals surface area contributed by atoms with Crippen molar-refractivity contribution < 1.29 is 9.18 Å². The Bertz CT molecular complexity index is 1260. The quantitative estimate of drug-likeness (QED) is 0.502. The molecule has 1 N–H and O–H groups in total. The van der Waals surface area contributed by atoms with Crippen molar-refractivity contribution in [3.05, 3.63) is 87.5 Å². The lowest BCUT2D eigenvalue weighted by Crippen LogP contribution is -2.33. The van der Waals surface area contributed by atoms with Crippen molar-refractivity contribution in [3.63, 3.8) is 0 Å². The summed E-state index contributed by atoms with van der Waals surface area (Å²) in [6.45, 7) is 3.84. The number of nitrogens with zero attached hydrogens (tertiary/aromatic N) is 2. The smallest absolute Gasteiger partial charge is 0.273 e. The first-order valence-corrected chi connectivity index (χ1v) is 10.4. The van der Waals surface area contributed by atoms with Crippen molar-refractivity contribution in [3.8, 4) is 11.1 Å². The maximum Gasteiger partial charge on any atom is 0.281 e. The third kappa shape index (κ3) is 3.89. The van der Waals surface area contributed by atoms with Crippen LogP contribution in [0.15, 0.2) is 65.7 Å². The highest BCUT2D eigenvalue weighted by molar-refractivity contribution is 7.19. The highest BCUT2D eigenvalue weighted by Crippen LogP contribution is 2.35. The van der Waals surface area contributed by atoms with Gasteiger partial charge in [0.2, 0.25) is 5.91 Å². The van der Waals surface area contributed by atoms with Gasteiger partial charge in [-0.15, -0.1) is 11.3 Å². The van der Waals surface area contributed by atoms with Crippen LogP contribution in [0.3, 0.4) is 0 Å². The number of carbonyl (C=O) groups is 1. The van der Waals surface area contributed by atoms with E-state index in [0.717, 1.165) is 26.2 Å². The topological polar surface area (TPSA) is 64.0 Å². The summed E-state index contributed by atoms with van der Waals surface area (Å²) >= 11 is 1.46. The Labute approximate surface area is 176 Å². The minimum absolute atomic E-state index is 0.124. The molecular weight excluding hydrogens is 401 g/mol. The van der Waals surface area contributed by atoms with Gasteiger partial charge in [-0.3, -0.25) is 15.0 Å². The molecule has 0 bridgehead atoms. The fraction of sp³-hybridized carbons (Fsp3) is 0.174. The second-order valence-corrected chi connectivity index (χ2v) is 8.39. The predicted molar refractivity (Wildman–Crippen MR) is 118 cm³/mol. The summed E-state index contributed by atoms with van der Waals surface area (Å²) in [7, 11) is 0. The first kappa shape index (κ1) is 20.0. The number of halogens is 1. The van der Waals surface area contributed by atoms with Crippen LogP contribution in [0.4, 0.5) is 4.39 Å². The van der Waals surface area contributed by atoms with Gasteiger partial charge in [-0.05, 0) is 36.1 Å². The molecule has 0 radical (unpaired) electrons. The van der Waals surface area contributed by atoms with Gasteiger partial charge in [0.15, 0.2) is 0 Å². The van der Waals surface area contributed by atoms with E-state index < -0.39 is 0 Å². The molecule has 0 aliphatic rings. The third-order valence-corrected chi connectivity index (χ3v) is 6.04. The van der Waals surface area contributed by atoms with Crippen LogP contribution in [0.25, 0.3) is 21.3 Å². The van der Waals surface area contributed by atoms with Gasteiger partial charge in [0, 0.05) is 16.9 Å². The lowest BCUT2D eigenvalue weighted by Gasteiger charge is -2.13. The van der Waals surface area contributed by atoms with Crippen LogP contribution in [0.2, 0.25) is 0 Å². The van der Waals surface area contributed by atoms with Crippen molar-refractivity contribution in [2.45, 2.75) is 26.2 Å². The third-order valence-electron chi connectivity index (χ3n) is 5.03. The van der Waals surface area contributed by atoms with Crippen LogP contribution >= 0.6 is 11.3 Å². The van der Waals surface area contributed by atoms with Crippen LogP contribution < -0.4 is 11.0 Å². The summed E-state index contributed by atoms with van der Waals surface area (Å²) in [5, 5.41) is 0.498. The summed E-state index contributed by atoms with van der Waals surface area (Å²) < 4.78 is 14.2. The largest absolute Gasteiger partial charge is 0.281 e. The number of rotatable bonds is 5. The zero-order valence-corrected chi connectivity index (χ0v) is 17.4. The Morgan fingerprint density at radius 3 is 2.57 bits per heavy atom. The number of fused-ring (bicyclic) bond motifs is 1. The predicted octanol–water partition coefficient (Wildman–Crippen LogP) is 4.84. The van der Waals surface area contributed by atoms with E-state index in [0.29, 0.717) is 10.2 Å². The second-order valence-electron chi connectivity index (χ2n) is 7.19. The molecule has 1 amide bonds. The normalized spacial score (nSPS) is 12.1. The summed E-state index contributed by atoms with van der Waals surface area (Å²) in [5.74, 6) is -0.758. The summed E-state index contributed by atoms with van der Waals surface area (Å²) in [4.78, 5) is 31.7. The highest BCUT2D eigenvalue weighted by Gasteiger charge is 2.18. The van der Waals surface area contributed by atoms with Crippen LogP contribution in [-0.2, 0) is 4.79 Å². The molecule has 1 atom stereocenters. The molecule has 152 valence electrons. The molecule has 0 aliphatic carbocycles. The molecule has 0 saturated heterocycles. The average molecular weight is 421 g/mol. The van der Waals surface area contributed by atoms with Crippen molar-refractivity contribution in [2.75, 3.05) is 5.43 Å². The molecule has 0 spiro atoms. The minimum atomic E-state index is -0.318. The Kier molecular flexibility index (Phi) is 5.46. The minimum Gasteiger partial charge on any atom is -0.273 e. The standard InChI is InChI=1S/C23H20FN3O2S/c1-14(16-8-10-18(24)11-9-16)12-19(28)26-27-13-25-22-21(23(27)29)20(15(2)30-22)17-6-4-3-5-7-17/h3-11,13-14H,12H2,1-2H3,(H,26,28). The van der Waals surface area contributed by atoms with Crippen molar-refractivity contribution in [1.29, 1.82) is 0 Å². The SMILES string of the molecule is Cc1sc2ncn(NC(=O)CC(C)c3ccc(F)cc3)c(=O)c2c1-c1ccccc1. The first-order valence-electron chi connectivity index (χ1n) is 9.55. The molecule has 2 aromatic carbocycles. The van der Waals surface area contributed by atoms with Gasteiger partial charge in [-0.2, -0.15) is 0 Å². The van der Waals surface area contributed by atoms with Crippen LogP contribution in [0.1, 0.15) is 29.7 Å². The van der Waals surface area contributed by atoms with Crippen LogP contribution in [0, 0.1) is 12.7 Å². The zero-order chi connectivity index (χ0) is 21.3. The summed E-state index contributed by atoms with van der Waals surface area (Å²) in [6.07, 6.45) is 1.50. The van der Waals surface area contributed by atoms with E-state index in [1.807, 2.05) is 44.2 Å². The number of aryl methyl sites for hydroxylation is 1. The summed E-state index contributed by atoms with van der Waals surface area (Å²) in [6, 6.07) is 15.7. The molecule has 2 heterocycles. The molecule has 0 saturated carbocycles. The molecule has 0 aliphatic heterocycles. The Morgan fingerprint density at radius 2 is 1.87 bits per heavy atom. The molecular formula is C23H20FN3O2S. The Morgan fingerprint density at radius 1 is 1.17 bits per heavy atom. The van der Waals surface area contributed by atoms with E-state index in [1.165, 1.54) is 29.8 Å². The molecule has 2 aromatic heterocycles. The van der Waals surface area contributed by atoms with Crippen molar-refractivity contribution in [2.24, 2.45) is 0 Å². The molecule has 4 rings (SSSR count). The first-order chi connectivity index (χ1) is 14.4. The van der Waals surface area contributed by atoms with Crippen molar-refractivity contribution >= 4 is 27.5 Å². The number of aromatic nitrogens is 2. The number of nitrogens with one attached hydrogen (secondary N) is 1. The van der Waals surface area contributed by atoms with Crippen LogP contribution in [0.5, 0.6) is 0 Å². The van der Waals surface area contributed by atoms with Gasteiger partial charge in [0.05, 0.1) is 5.39 Å². The summed E-state index contributed by atoms with van der Waals surface area (Å²) in [5.41, 5.74) is 4.96. The van der Waals surface area contributed by atoms with Gasteiger partial charge < -0.3 is 0 Å². The fourth-order valence-electron chi connectivity index (χ4n) is 3.50. The Balaban J connectivity index is 1.62. The molecule has 5 nitrogen and oxygen atoms in total. The van der Waals surface area contributed by atoms with Gasteiger partial charge in [0.25, 0.3) is 5.56 Å². The second kappa shape index (κ2) is 8.20. The highest BCUT2D eigenvalue weighted by atomic mass is 32.1. The number of amides is 1. The van der Waals surface area contributed by atoms with Crippen LogP contribution in [-0.4, -0.2) is 15.6 Å². The number of carbonyl (C=O) groups excluding carboxylic acids is 1. The lowest BCUT2D eigenvalue weighted by molar-refractivity contribution is -0.117. The van der Waals surface area contributed by atoms with Gasteiger partial charge >= 0.3 is 0 Å².